The number of carbonyl (C=O) groups is 4. The monoisotopic (exact) mass is 321 g/mol. The van der Waals surface area contributed by atoms with Crippen molar-refractivity contribution >= 4 is 24.1 Å². The highest BCUT2D eigenvalue weighted by Crippen LogP contribution is 2.16. The lowest BCUT2D eigenvalue weighted by Gasteiger charge is -2.19. The smallest absolute Gasteiger partial charge is 0.326 e. The number of nitrogens with one attached hydrogen (secondary N) is 1. The summed E-state index contributed by atoms with van der Waals surface area (Å²) in [5, 5.41) is 20.7. The molecule has 0 aliphatic rings. The third-order valence-electron chi connectivity index (χ3n) is 3.38. The molecule has 0 fully saturated rings. The summed E-state index contributed by atoms with van der Waals surface area (Å²) in [4.78, 5) is 44.8. The van der Waals surface area contributed by atoms with Crippen LogP contribution in [-0.2, 0) is 14.4 Å². The Balaban J connectivity index is 2.72. The van der Waals surface area contributed by atoms with Gasteiger partial charge in [-0.2, -0.15) is 0 Å². The Kier molecular flexibility index (Phi) is 7.45. The molecule has 0 saturated heterocycles. The zero-order valence-electron chi connectivity index (χ0n) is 12.5. The maximum Gasteiger partial charge on any atom is 0.326 e. The number of hydrogen-bond acceptors (Lipinski definition) is 4. The summed E-state index contributed by atoms with van der Waals surface area (Å²) < 4.78 is 0. The molecule has 0 heterocycles. The van der Waals surface area contributed by atoms with Gasteiger partial charge in [0.2, 0.25) is 0 Å². The van der Waals surface area contributed by atoms with Gasteiger partial charge in [0.25, 0.3) is 5.91 Å². The molecule has 1 aromatic carbocycles. The lowest BCUT2D eigenvalue weighted by Crippen LogP contribution is -2.43. The van der Waals surface area contributed by atoms with Gasteiger partial charge in [0.15, 0.2) is 0 Å². The molecule has 2 atom stereocenters. The van der Waals surface area contributed by atoms with Gasteiger partial charge in [-0.1, -0.05) is 18.2 Å². The van der Waals surface area contributed by atoms with Gasteiger partial charge in [-0.15, -0.1) is 0 Å². The molecule has 1 rings (SSSR count). The number of hydrogen-bond donors (Lipinski definition) is 3. The van der Waals surface area contributed by atoms with Gasteiger partial charge in [0.05, 0.1) is 5.92 Å². The van der Waals surface area contributed by atoms with Gasteiger partial charge in [-0.05, 0) is 31.4 Å². The summed E-state index contributed by atoms with van der Waals surface area (Å²) in [6.07, 6.45) is 1.21. The second-order valence-corrected chi connectivity index (χ2v) is 5.10. The van der Waals surface area contributed by atoms with Crippen molar-refractivity contribution in [3.63, 3.8) is 0 Å². The zero-order valence-corrected chi connectivity index (χ0v) is 12.5. The van der Waals surface area contributed by atoms with Crippen LogP contribution in [0.2, 0.25) is 0 Å². The molecule has 0 bridgehead atoms. The lowest BCUT2D eigenvalue weighted by atomic mass is 9.94. The molecule has 3 N–H and O–H groups in total. The quantitative estimate of drug-likeness (QED) is 0.441. The highest BCUT2D eigenvalue weighted by atomic mass is 16.4. The summed E-state index contributed by atoms with van der Waals surface area (Å²) in [6, 6.07) is 6.77. The first-order valence-corrected chi connectivity index (χ1v) is 7.20. The predicted molar refractivity (Wildman–Crippen MR) is 81.0 cm³/mol. The van der Waals surface area contributed by atoms with Gasteiger partial charge in [0.1, 0.15) is 12.3 Å². The lowest BCUT2D eigenvalue weighted by molar-refractivity contribution is -0.144. The summed E-state index contributed by atoms with van der Waals surface area (Å²) >= 11 is 0. The predicted octanol–water partition coefficient (Wildman–Crippen LogP) is 1.33. The van der Waals surface area contributed by atoms with Crippen LogP contribution in [0.4, 0.5) is 0 Å². The molecule has 0 spiro atoms. The number of carbonyl (C=O) groups excluding carboxylic acids is 2. The minimum absolute atomic E-state index is 0.180. The van der Waals surface area contributed by atoms with Gasteiger partial charge in [-0.3, -0.25) is 9.59 Å². The van der Waals surface area contributed by atoms with Crippen LogP contribution < -0.4 is 5.32 Å². The first-order chi connectivity index (χ1) is 11.0. The average molecular weight is 321 g/mol. The Labute approximate surface area is 133 Å². The second kappa shape index (κ2) is 9.34. The van der Waals surface area contributed by atoms with Crippen molar-refractivity contribution in [3.8, 4) is 0 Å². The van der Waals surface area contributed by atoms with Crippen molar-refractivity contribution in [3.05, 3.63) is 35.9 Å². The molecule has 7 nitrogen and oxygen atoms in total. The van der Waals surface area contributed by atoms with E-state index < -0.39 is 29.8 Å². The van der Waals surface area contributed by atoms with Crippen LogP contribution in [0, 0.1) is 5.92 Å². The fourth-order valence-corrected chi connectivity index (χ4v) is 2.13. The Morgan fingerprint density at radius 2 is 1.74 bits per heavy atom. The summed E-state index contributed by atoms with van der Waals surface area (Å²) in [7, 11) is 0. The van der Waals surface area contributed by atoms with Crippen LogP contribution in [0.1, 0.15) is 36.0 Å². The Morgan fingerprint density at radius 1 is 1.09 bits per heavy atom. The summed E-state index contributed by atoms with van der Waals surface area (Å²) in [5.74, 6) is -3.95. The number of unbranched alkanes of at least 4 members (excludes halogenated alkanes) is 1. The van der Waals surface area contributed by atoms with E-state index in [4.69, 9.17) is 5.11 Å². The fourth-order valence-electron chi connectivity index (χ4n) is 2.13. The molecule has 23 heavy (non-hydrogen) atoms. The second-order valence-electron chi connectivity index (χ2n) is 5.10. The third-order valence-corrected chi connectivity index (χ3v) is 3.38. The number of amides is 1. The first kappa shape index (κ1) is 18.3. The SMILES string of the molecule is O=CCCCC(C[C@H](NC(=O)c1ccccc1)C(=O)O)C(=O)O. The van der Waals surface area contributed by atoms with Crippen molar-refractivity contribution in [2.45, 2.75) is 31.7 Å². The van der Waals surface area contributed by atoms with Crippen molar-refractivity contribution in [2.24, 2.45) is 5.92 Å². The molecule has 0 radical (unpaired) electrons. The molecular formula is C16H19NO6. The summed E-state index contributed by atoms with van der Waals surface area (Å²) in [5.41, 5.74) is 0.298. The highest BCUT2D eigenvalue weighted by Gasteiger charge is 2.28. The van der Waals surface area contributed by atoms with Gasteiger partial charge in [-0.25, -0.2) is 4.79 Å². The van der Waals surface area contributed by atoms with Crippen molar-refractivity contribution in [1.29, 1.82) is 0 Å². The van der Waals surface area contributed by atoms with E-state index in [1.165, 1.54) is 12.1 Å². The Hall–Kier alpha value is -2.70. The molecule has 0 aliphatic carbocycles. The summed E-state index contributed by atoms with van der Waals surface area (Å²) in [6.45, 7) is 0. The molecule has 0 aliphatic heterocycles. The van der Waals surface area contributed by atoms with E-state index in [1.807, 2.05) is 0 Å². The van der Waals surface area contributed by atoms with Crippen LogP contribution >= 0.6 is 0 Å². The molecule has 0 aromatic heterocycles. The molecule has 1 unspecified atom stereocenters. The van der Waals surface area contributed by atoms with Crippen LogP contribution in [0.15, 0.2) is 30.3 Å². The van der Waals surface area contributed by atoms with E-state index in [9.17, 15) is 24.3 Å². The molecule has 124 valence electrons. The van der Waals surface area contributed by atoms with E-state index in [2.05, 4.69) is 5.32 Å². The fraction of sp³-hybridized carbons (Fsp3) is 0.375. The average Bonchev–Trinajstić information content (AvgIpc) is 2.53. The van der Waals surface area contributed by atoms with Crippen LogP contribution in [0.3, 0.4) is 0 Å². The molecule has 1 amide bonds. The van der Waals surface area contributed by atoms with Crippen LogP contribution in [0.5, 0.6) is 0 Å². The molecular weight excluding hydrogens is 302 g/mol. The number of benzene rings is 1. The minimum Gasteiger partial charge on any atom is -0.481 e. The third kappa shape index (κ3) is 6.29. The van der Waals surface area contributed by atoms with Crippen molar-refractivity contribution in [2.75, 3.05) is 0 Å². The minimum atomic E-state index is -1.31. The maximum atomic E-state index is 12.0. The van der Waals surface area contributed by atoms with E-state index in [1.54, 1.807) is 18.2 Å². The van der Waals surface area contributed by atoms with E-state index in [-0.39, 0.29) is 19.3 Å². The van der Waals surface area contributed by atoms with E-state index in [0.29, 0.717) is 18.3 Å². The van der Waals surface area contributed by atoms with E-state index in [0.717, 1.165) is 0 Å². The Bertz CT molecular complexity index is 557. The number of aldehydes is 1. The van der Waals surface area contributed by atoms with Gasteiger partial charge >= 0.3 is 11.9 Å². The standard InChI is InChI=1S/C16H19NO6/c18-9-5-4-8-12(15(20)21)10-13(16(22)23)17-14(19)11-6-2-1-3-7-11/h1-3,6-7,9,12-13H,4-5,8,10H2,(H,17,19)(H,20,21)(H,22,23)/t12?,13-/m0/s1. The molecule has 1 aromatic rings. The van der Waals surface area contributed by atoms with Crippen LogP contribution in [0.25, 0.3) is 0 Å². The number of carboxylic acid groups (broad SMARTS) is 2. The topological polar surface area (TPSA) is 121 Å². The molecule has 0 saturated carbocycles. The van der Waals surface area contributed by atoms with Gasteiger partial charge in [0, 0.05) is 12.0 Å². The zero-order chi connectivity index (χ0) is 17.2. The number of carboxylic acids is 2. The van der Waals surface area contributed by atoms with Gasteiger partial charge < -0.3 is 20.3 Å². The maximum absolute atomic E-state index is 12.0. The van der Waals surface area contributed by atoms with Crippen LogP contribution in [-0.4, -0.2) is 40.4 Å². The Morgan fingerprint density at radius 3 is 2.26 bits per heavy atom. The largest absolute Gasteiger partial charge is 0.481 e. The van der Waals surface area contributed by atoms with E-state index >= 15 is 0 Å². The first-order valence-electron chi connectivity index (χ1n) is 7.20. The normalized spacial score (nSPS) is 12.9. The highest BCUT2D eigenvalue weighted by molar-refractivity contribution is 5.96. The van der Waals surface area contributed by atoms with Crippen molar-refractivity contribution < 1.29 is 29.4 Å². The molecule has 7 heteroatoms. The number of aliphatic carboxylic acids is 2. The van der Waals surface area contributed by atoms with Crippen molar-refractivity contribution in [1.82, 2.24) is 5.32 Å². The number of rotatable bonds is 10.